The maximum Gasteiger partial charge on any atom is 0.435 e. The summed E-state index contributed by atoms with van der Waals surface area (Å²) in [5.41, 5.74) is -0.805. The van der Waals surface area contributed by atoms with Crippen LogP contribution in [0.1, 0.15) is 24.6 Å². The van der Waals surface area contributed by atoms with Crippen LogP contribution < -0.4 is 5.32 Å². The number of piperidine rings is 1. The average Bonchev–Trinajstić information content (AvgIpc) is 2.67. The monoisotopic (exact) mass is 255 g/mol. The molecule has 0 aromatic carbocycles. The number of aromatic nitrogens is 2. The van der Waals surface area contributed by atoms with E-state index in [-0.39, 0.29) is 18.4 Å². The smallest absolute Gasteiger partial charge is 0.317 e. The summed E-state index contributed by atoms with van der Waals surface area (Å²) in [6.45, 7) is 1.68. The zero-order valence-corrected chi connectivity index (χ0v) is 9.31. The van der Waals surface area contributed by atoms with E-state index >= 15 is 0 Å². The zero-order chi connectivity index (χ0) is 10.9. The highest BCUT2D eigenvalue weighted by molar-refractivity contribution is 5.85. The summed E-state index contributed by atoms with van der Waals surface area (Å²) in [7, 11) is 0. The van der Waals surface area contributed by atoms with Crippen molar-refractivity contribution in [2.75, 3.05) is 13.1 Å². The van der Waals surface area contributed by atoms with E-state index in [0.717, 1.165) is 32.0 Å². The van der Waals surface area contributed by atoms with Crippen molar-refractivity contribution >= 4 is 12.4 Å². The van der Waals surface area contributed by atoms with Crippen molar-refractivity contribution in [1.29, 1.82) is 0 Å². The zero-order valence-electron chi connectivity index (χ0n) is 8.50. The average molecular weight is 256 g/mol. The lowest BCUT2D eigenvalue weighted by molar-refractivity contribution is -0.141. The Hall–Kier alpha value is -0.750. The van der Waals surface area contributed by atoms with Crippen LogP contribution in [-0.4, -0.2) is 22.9 Å². The highest BCUT2D eigenvalue weighted by atomic mass is 35.5. The standard InChI is InChI=1S/C9H12F3N3.ClH/c10-9(11,12)8-3-6-15(14-8)7-1-4-13-5-2-7;/h3,6-7,13H,1-2,4-5H2;1H. The highest BCUT2D eigenvalue weighted by Gasteiger charge is 2.34. The maximum atomic E-state index is 12.3. The number of nitrogens with zero attached hydrogens (tertiary/aromatic N) is 2. The number of hydrogen-bond donors (Lipinski definition) is 1. The van der Waals surface area contributed by atoms with E-state index in [1.807, 2.05) is 0 Å². The van der Waals surface area contributed by atoms with Crippen LogP contribution in [0.5, 0.6) is 0 Å². The van der Waals surface area contributed by atoms with Gasteiger partial charge < -0.3 is 5.32 Å². The van der Waals surface area contributed by atoms with E-state index in [0.29, 0.717) is 0 Å². The van der Waals surface area contributed by atoms with E-state index < -0.39 is 11.9 Å². The van der Waals surface area contributed by atoms with Crippen molar-refractivity contribution in [3.05, 3.63) is 18.0 Å². The lowest BCUT2D eigenvalue weighted by Crippen LogP contribution is -2.29. The van der Waals surface area contributed by atoms with Crippen LogP contribution in [-0.2, 0) is 6.18 Å². The number of alkyl halides is 3. The summed E-state index contributed by atoms with van der Waals surface area (Å²) in [5.74, 6) is 0. The Morgan fingerprint density at radius 3 is 2.44 bits per heavy atom. The van der Waals surface area contributed by atoms with Gasteiger partial charge in [-0.3, -0.25) is 4.68 Å². The molecule has 1 aliphatic rings. The molecule has 0 atom stereocenters. The largest absolute Gasteiger partial charge is 0.435 e. The van der Waals surface area contributed by atoms with E-state index in [9.17, 15) is 13.2 Å². The Bertz CT molecular complexity index is 331. The molecule has 16 heavy (non-hydrogen) atoms. The predicted octanol–water partition coefficient (Wildman–Crippen LogP) is 2.25. The van der Waals surface area contributed by atoms with Crippen molar-refractivity contribution in [3.8, 4) is 0 Å². The molecule has 0 saturated carbocycles. The van der Waals surface area contributed by atoms with Crippen LogP contribution in [0.25, 0.3) is 0 Å². The fourth-order valence-corrected chi connectivity index (χ4v) is 1.76. The van der Waals surface area contributed by atoms with Crippen LogP contribution in [0.3, 0.4) is 0 Å². The van der Waals surface area contributed by atoms with Crippen LogP contribution in [0, 0.1) is 0 Å². The van der Waals surface area contributed by atoms with Crippen molar-refractivity contribution in [3.63, 3.8) is 0 Å². The SMILES string of the molecule is Cl.FC(F)(F)c1ccn(C2CCNCC2)n1. The third kappa shape index (κ3) is 2.89. The van der Waals surface area contributed by atoms with Gasteiger partial charge >= 0.3 is 6.18 Å². The Labute approximate surface area is 97.4 Å². The minimum absolute atomic E-state index is 0. The number of rotatable bonds is 1. The normalized spacial score (nSPS) is 18.2. The molecule has 1 saturated heterocycles. The van der Waals surface area contributed by atoms with Gasteiger partial charge in [-0.1, -0.05) is 0 Å². The first kappa shape index (κ1) is 13.3. The van der Waals surface area contributed by atoms with Gasteiger partial charge in [-0.25, -0.2) is 0 Å². The molecular formula is C9H13ClF3N3. The molecular weight excluding hydrogens is 243 g/mol. The van der Waals surface area contributed by atoms with E-state index in [1.165, 1.54) is 10.9 Å². The molecule has 0 unspecified atom stereocenters. The Morgan fingerprint density at radius 1 is 1.31 bits per heavy atom. The van der Waals surface area contributed by atoms with Crippen molar-refractivity contribution < 1.29 is 13.2 Å². The van der Waals surface area contributed by atoms with Gasteiger partial charge in [-0.05, 0) is 32.0 Å². The molecule has 1 aliphatic heterocycles. The molecule has 3 nitrogen and oxygen atoms in total. The molecule has 1 aromatic rings. The van der Waals surface area contributed by atoms with Gasteiger partial charge in [0.2, 0.25) is 0 Å². The quantitative estimate of drug-likeness (QED) is 0.834. The summed E-state index contributed by atoms with van der Waals surface area (Å²) < 4.78 is 38.3. The van der Waals surface area contributed by atoms with Gasteiger partial charge in [-0.2, -0.15) is 18.3 Å². The van der Waals surface area contributed by atoms with Crippen molar-refractivity contribution in [2.24, 2.45) is 0 Å². The molecule has 2 rings (SSSR count). The third-order valence-electron chi connectivity index (χ3n) is 2.58. The second-order valence-electron chi connectivity index (χ2n) is 3.66. The highest BCUT2D eigenvalue weighted by Crippen LogP contribution is 2.28. The summed E-state index contributed by atoms with van der Waals surface area (Å²) in [6, 6.07) is 1.13. The number of nitrogens with one attached hydrogen (secondary N) is 1. The molecule has 92 valence electrons. The van der Waals surface area contributed by atoms with Gasteiger partial charge in [0, 0.05) is 6.20 Å². The fourth-order valence-electron chi connectivity index (χ4n) is 1.76. The van der Waals surface area contributed by atoms with Gasteiger partial charge in [0.15, 0.2) is 5.69 Å². The topological polar surface area (TPSA) is 29.9 Å². The van der Waals surface area contributed by atoms with E-state index in [1.54, 1.807) is 0 Å². The molecule has 0 aliphatic carbocycles. The minimum atomic E-state index is -4.34. The predicted molar refractivity (Wildman–Crippen MR) is 55.6 cm³/mol. The lowest BCUT2D eigenvalue weighted by Gasteiger charge is -2.22. The molecule has 0 amide bonds. The first-order valence-corrected chi connectivity index (χ1v) is 4.90. The van der Waals surface area contributed by atoms with Crippen LogP contribution >= 0.6 is 12.4 Å². The number of hydrogen-bond acceptors (Lipinski definition) is 2. The third-order valence-corrected chi connectivity index (χ3v) is 2.58. The van der Waals surface area contributed by atoms with Crippen LogP contribution in [0.4, 0.5) is 13.2 Å². The van der Waals surface area contributed by atoms with Crippen molar-refractivity contribution in [1.82, 2.24) is 15.1 Å². The Morgan fingerprint density at radius 2 is 1.94 bits per heavy atom. The summed E-state index contributed by atoms with van der Waals surface area (Å²) >= 11 is 0. The second kappa shape index (κ2) is 5.05. The number of halogens is 4. The maximum absolute atomic E-state index is 12.3. The molecule has 1 N–H and O–H groups in total. The molecule has 1 aromatic heterocycles. The lowest BCUT2D eigenvalue weighted by atomic mass is 10.1. The Balaban J connectivity index is 0.00000128. The summed E-state index contributed by atoms with van der Waals surface area (Å²) in [4.78, 5) is 0. The first-order valence-electron chi connectivity index (χ1n) is 4.90. The van der Waals surface area contributed by atoms with Gasteiger partial charge in [0.25, 0.3) is 0 Å². The summed E-state index contributed by atoms with van der Waals surface area (Å²) in [5, 5.41) is 6.73. The molecule has 2 heterocycles. The van der Waals surface area contributed by atoms with Gasteiger partial charge in [0.05, 0.1) is 6.04 Å². The first-order chi connectivity index (χ1) is 7.07. The minimum Gasteiger partial charge on any atom is -0.317 e. The molecule has 7 heteroatoms. The van der Waals surface area contributed by atoms with Crippen molar-refractivity contribution in [2.45, 2.75) is 25.1 Å². The fraction of sp³-hybridized carbons (Fsp3) is 0.667. The van der Waals surface area contributed by atoms with Crippen LogP contribution in [0.15, 0.2) is 12.3 Å². The van der Waals surface area contributed by atoms with E-state index in [4.69, 9.17) is 0 Å². The Kier molecular flexibility index (Phi) is 4.21. The summed E-state index contributed by atoms with van der Waals surface area (Å²) in [6.07, 6.45) is -1.26. The second-order valence-corrected chi connectivity index (χ2v) is 3.66. The molecule has 1 fully saturated rings. The van der Waals surface area contributed by atoms with Crippen LogP contribution in [0.2, 0.25) is 0 Å². The molecule has 0 radical (unpaired) electrons. The van der Waals surface area contributed by atoms with Gasteiger partial charge in [-0.15, -0.1) is 12.4 Å². The van der Waals surface area contributed by atoms with E-state index in [2.05, 4.69) is 10.4 Å². The van der Waals surface area contributed by atoms with Gasteiger partial charge in [0.1, 0.15) is 0 Å². The molecule has 0 bridgehead atoms. The molecule has 0 spiro atoms.